The number of rotatable bonds is 4. The van der Waals surface area contributed by atoms with Gasteiger partial charge in [0.25, 0.3) is 6.43 Å². The zero-order valence-electron chi connectivity index (χ0n) is 9.25. The number of halogens is 2. The molecule has 0 atom stereocenters. The van der Waals surface area contributed by atoms with Crippen molar-refractivity contribution in [2.24, 2.45) is 0 Å². The van der Waals surface area contributed by atoms with E-state index in [1.165, 1.54) is 7.11 Å². The maximum Gasteiger partial charge on any atom is 0.310 e. The second kappa shape index (κ2) is 5.42. The van der Waals surface area contributed by atoms with Gasteiger partial charge >= 0.3 is 5.97 Å². The molecule has 1 N–H and O–H groups in total. The number of aromatic amines is 1. The number of hydrogen-bond donors (Lipinski definition) is 1. The first kappa shape index (κ1) is 13.1. The average Bonchev–Trinajstić information content (AvgIpc) is 2.30. The Kier molecular flexibility index (Phi) is 4.19. The van der Waals surface area contributed by atoms with Crippen LogP contribution < -0.4 is 10.2 Å². The van der Waals surface area contributed by atoms with E-state index in [1.807, 2.05) is 0 Å². The molecular weight excluding hydrogens is 236 g/mol. The smallest absolute Gasteiger partial charge is 0.310 e. The van der Waals surface area contributed by atoms with Gasteiger partial charge in [-0.25, -0.2) is 8.78 Å². The second-order valence-electron chi connectivity index (χ2n) is 3.15. The van der Waals surface area contributed by atoms with Gasteiger partial charge in [-0.3, -0.25) is 9.59 Å². The van der Waals surface area contributed by atoms with Crippen LogP contribution in [0.3, 0.4) is 0 Å². The van der Waals surface area contributed by atoms with E-state index >= 15 is 0 Å². The van der Waals surface area contributed by atoms with Crippen LogP contribution in [0.2, 0.25) is 0 Å². The Morgan fingerprint density at radius 2 is 2.12 bits per heavy atom. The largest absolute Gasteiger partial charge is 0.482 e. The molecule has 7 heteroatoms. The summed E-state index contributed by atoms with van der Waals surface area (Å²) in [5, 5.41) is 0. The molecule has 0 amide bonds. The summed E-state index contributed by atoms with van der Waals surface area (Å²) in [7, 11) is 2.35. The van der Waals surface area contributed by atoms with Crippen LogP contribution in [0.25, 0.3) is 0 Å². The van der Waals surface area contributed by atoms with Gasteiger partial charge in [0.05, 0.1) is 26.3 Å². The van der Waals surface area contributed by atoms with Crippen LogP contribution in [0, 0.1) is 0 Å². The van der Waals surface area contributed by atoms with Crippen molar-refractivity contribution < 1.29 is 23.0 Å². The molecule has 0 saturated heterocycles. The van der Waals surface area contributed by atoms with Gasteiger partial charge < -0.3 is 14.5 Å². The number of pyridine rings is 1. The van der Waals surface area contributed by atoms with Gasteiger partial charge in [0.15, 0.2) is 11.3 Å². The van der Waals surface area contributed by atoms with Gasteiger partial charge in [-0.05, 0) is 0 Å². The summed E-state index contributed by atoms with van der Waals surface area (Å²) in [5.74, 6) is -0.846. The van der Waals surface area contributed by atoms with Crippen LogP contribution in [-0.2, 0) is 16.0 Å². The maximum absolute atomic E-state index is 12.7. The number of ether oxygens (including phenoxy) is 2. The number of carbonyl (C=O) groups is 1. The highest BCUT2D eigenvalue weighted by atomic mass is 19.3. The van der Waals surface area contributed by atoms with E-state index in [-0.39, 0.29) is 11.4 Å². The number of methoxy groups -OCH3 is 2. The molecular formula is C10H11F2NO4. The summed E-state index contributed by atoms with van der Waals surface area (Å²) < 4.78 is 34.4. The molecule has 5 nitrogen and oxygen atoms in total. The number of nitrogens with one attached hydrogen (secondary N) is 1. The van der Waals surface area contributed by atoms with Crippen molar-refractivity contribution in [3.8, 4) is 5.88 Å². The Morgan fingerprint density at radius 3 is 2.59 bits per heavy atom. The summed E-state index contributed by atoms with van der Waals surface area (Å²) in [6, 6.07) is 1.00. The van der Waals surface area contributed by atoms with Gasteiger partial charge in [-0.1, -0.05) is 0 Å². The second-order valence-corrected chi connectivity index (χ2v) is 3.15. The zero-order valence-corrected chi connectivity index (χ0v) is 9.25. The van der Waals surface area contributed by atoms with Crippen LogP contribution in [0.5, 0.6) is 5.88 Å². The highest BCUT2D eigenvalue weighted by Crippen LogP contribution is 2.21. The van der Waals surface area contributed by atoms with Gasteiger partial charge in [0.2, 0.25) is 0 Å². The standard InChI is InChI=1S/C10H11F2NO4/c1-16-7-4-6(14)5(3-8(15)17-2)9(13-7)10(11)12/h4,10H,3H2,1-2H3,(H,13,14). The van der Waals surface area contributed by atoms with Gasteiger partial charge in [0.1, 0.15) is 0 Å². The first-order valence-electron chi connectivity index (χ1n) is 4.64. The van der Waals surface area contributed by atoms with Crippen molar-refractivity contribution in [1.29, 1.82) is 0 Å². The normalized spacial score (nSPS) is 10.4. The van der Waals surface area contributed by atoms with E-state index < -0.39 is 29.9 Å². The molecule has 0 fully saturated rings. The number of carbonyl (C=O) groups excluding carboxylic acids is 1. The van der Waals surface area contributed by atoms with Crippen molar-refractivity contribution in [3.63, 3.8) is 0 Å². The van der Waals surface area contributed by atoms with E-state index in [2.05, 4.69) is 14.5 Å². The predicted molar refractivity (Wildman–Crippen MR) is 54.3 cm³/mol. The first-order chi connectivity index (χ1) is 7.99. The van der Waals surface area contributed by atoms with Crippen molar-refractivity contribution >= 4 is 5.97 Å². The van der Waals surface area contributed by atoms with E-state index in [0.29, 0.717) is 0 Å². The summed E-state index contributed by atoms with van der Waals surface area (Å²) in [4.78, 5) is 24.8. The fraction of sp³-hybridized carbons (Fsp3) is 0.400. The summed E-state index contributed by atoms with van der Waals surface area (Å²) in [5.41, 5.74) is -1.63. The molecule has 1 aromatic heterocycles. The minimum absolute atomic E-state index is 0.0843. The Hall–Kier alpha value is -1.92. The van der Waals surface area contributed by atoms with E-state index in [1.54, 1.807) is 0 Å². The van der Waals surface area contributed by atoms with Crippen LogP contribution in [0.4, 0.5) is 8.78 Å². The minimum atomic E-state index is -2.91. The first-order valence-corrected chi connectivity index (χ1v) is 4.64. The van der Waals surface area contributed by atoms with Crippen LogP contribution in [0.1, 0.15) is 17.7 Å². The molecule has 0 spiro atoms. The third-order valence-corrected chi connectivity index (χ3v) is 2.13. The lowest BCUT2D eigenvalue weighted by Crippen LogP contribution is -2.19. The molecule has 0 saturated carbocycles. The Labute approximate surface area is 95.4 Å². The Bertz CT molecular complexity index is 470. The molecule has 17 heavy (non-hydrogen) atoms. The molecule has 0 unspecified atom stereocenters. The van der Waals surface area contributed by atoms with Crippen molar-refractivity contribution in [2.45, 2.75) is 12.8 Å². The predicted octanol–water partition coefficient (Wildman–Crippen LogP) is 1.04. The SMILES string of the molecule is COC(=O)Cc1c(C(F)F)[nH]c(OC)cc1=O. The van der Waals surface area contributed by atoms with Crippen molar-refractivity contribution in [3.05, 3.63) is 27.5 Å². The number of hydrogen-bond acceptors (Lipinski definition) is 4. The molecule has 0 bridgehead atoms. The monoisotopic (exact) mass is 247 g/mol. The molecule has 0 aliphatic rings. The molecule has 1 heterocycles. The molecule has 94 valence electrons. The van der Waals surface area contributed by atoms with E-state index in [9.17, 15) is 18.4 Å². The van der Waals surface area contributed by atoms with Crippen LogP contribution in [-0.4, -0.2) is 25.2 Å². The van der Waals surface area contributed by atoms with E-state index in [4.69, 9.17) is 0 Å². The lowest BCUT2D eigenvalue weighted by Gasteiger charge is -2.09. The maximum atomic E-state index is 12.7. The zero-order chi connectivity index (χ0) is 13.0. The van der Waals surface area contributed by atoms with Gasteiger partial charge in [0, 0.05) is 11.6 Å². The molecule has 0 aliphatic carbocycles. The molecule has 0 aliphatic heterocycles. The number of aromatic nitrogens is 1. The average molecular weight is 247 g/mol. The van der Waals surface area contributed by atoms with Crippen molar-refractivity contribution in [1.82, 2.24) is 4.98 Å². The Morgan fingerprint density at radius 1 is 1.47 bits per heavy atom. The third kappa shape index (κ3) is 3.02. The molecule has 0 aromatic carbocycles. The Balaban J connectivity index is 3.27. The quantitative estimate of drug-likeness (QED) is 0.807. The lowest BCUT2D eigenvalue weighted by molar-refractivity contribution is -0.139. The lowest BCUT2D eigenvalue weighted by atomic mass is 10.1. The molecule has 1 rings (SSSR count). The summed E-state index contributed by atoms with van der Waals surface area (Å²) >= 11 is 0. The number of esters is 1. The third-order valence-electron chi connectivity index (χ3n) is 2.13. The molecule has 0 radical (unpaired) electrons. The fourth-order valence-corrected chi connectivity index (χ4v) is 1.28. The number of H-pyrrole nitrogens is 1. The van der Waals surface area contributed by atoms with Crippen LogP contribution >= 0.6 is 0 Å². The van der Waals surface area contributed by atoms with Crippen LogP contribution in [0.15, 0.2) is 10.9 Å². The summed E-state index contributed by atoms with van der Waals surface area (Å²) in [6.07, 6.45) is -3.41. The van der Waals surface area contributed by atoms with Gasteiger partial charge in [-0.15, -0.1) is 0 Å². The minimum Gasteiger partial charge on any atom is -0.482 e. The highest BCUT2D eigenvalue weighted by Gasteiger charge is 2.20. The van der Waals surface area contributed by atoms with Crippen molar-refractivity contribution in [2.75, 3.05) is 14.2 Å². The summed E-state index contributed by atoms with van der Waals surface area (Å²) in [6.45, 7) is 0. The van der Waals surface area contributed by atoms with E-state index in [0.717, 1.165) is 13.2 Å². The van der Waals surface area contributed by atoms with Gasteiger partial charge in [-0.2, -0.15) is 0 Å². The fourth-order valence-electron chi connectivity index (χ4n) is 1.28. The highest BCUT2D eigenvalue weighted by molar-refractivity contribution is 5.72. The topological polar surface area (TPSA) is 68.4 Å². The number of alkyl halides is 2. The molecule has 1 aromatic rings.